The van der Waals surface area contributed by atoms with E-state index >= 15 is 0 Å². The van der Waals surface area contributed by atoms with Crippen LogP contribution in [-0.4, -0.2) is 45.8 Å². The van der Waals surface area contributed by atoms with Crippen LogP contribution >= 0.6 is 0 Å². The van der Waals surface area contributed by atoms with Gasteiger partial charge in [-0.1, -0.05) is 12.1 Å². The van der Waals surface area contributed by atoms with E-state index in [2.05, 4.69) is 15.7 Å². The zero-order valence-corrected chi connectivity index (χ0v) is 14.0. The molecule has 1 atom stereocenters. The van der Waals surface area contributed by atoms with E-state index in [0.29, 0.717) is 13.1 Å². The predicted octanol–water partition coefficient (Wildman–Crippen LogP) is 1.75. The van der Waals surface area contributed by atoms with Gasteiger partial charge in [0, 0.05) is 37.6 Å². The number of urea groups is 1. The number of anilines is 1. The molecule has 126 valence electrons. The van der Waals surface area contributed by atoms with Crippen LogP contribution in [0, 0.1) is 6.92 Å². The fourth-order valence-corrected chi connectivity index (χ4v) is 2.82. The maximum atomic E-state index is 12.6. The fraction of sp³-hybridized carbons (Fsp3) is 0.353. The molecule has 1 aliphatic rings. The molecule has 0 radical (unpaired) electrons. The van der Waals surface area contributed by atoms with E-state index in [1.54, 1.807) is 22.7 Å². The summed E-state index contributed by atoms with van der Waals surface area (Å²) in [7, 11) is 1.88. The van der Waals surface area contributed by atoms with E-state index in [-0.39, 0.29) is 11.9 Å². The minimum Gasteiger partial charge on any atom is -0.353 e. The molecule has 0 aliphatic carbocycles. The Morgan fingerprint density at radius 2 is 2.17 bits per heavy atom. The number of nitrogens with one attached hydrogen (secondary N) is 2. The van der Waals surface area contributed by atoms with Crippen LogP contribution in [0.4, 0.5) is 10.5 Å². The van der Waals surface area contributed by atoms with Gasteiger partial charge in [0.1, 0.15) is 6.04 Å². The lowest BCUT2D eigenvalue weighted by Crippen LogP contribution is -2.56. The van der Waals surface area contributed by atoms with Crippen LogP contribution in [0.25, 0.3) is 11.3 Å². The lowest BCUT2D eigenvalue weighted by atomic mass is 10.1. The summed E-state index contributed by atoms with van der Waals surface area (Å²) in [6.45, 7) is 4.64. The van der Waals surface area contributed by atoms with Gasteiger partial charge >= 0.3 is 6.03 Å². The Hall–Kier alpha value is -2.83. The minimum atomic E-state index is -0.473. The molecule has 0 unspecified atom stereocenters. The first kappa shape index (κ1) is 16.0. The number of aromatic nitrogens is 2. The number of amides is 3. The number of aryl methyl sites for hydroxylation is 2. The fourth-order valence-electron chi connectivity index (χ4n) is 2.82. The van der Waals surface area contributed by atoms with Gasteiger partial charge in [0.15, 0.2) is 0 Å². The van der Waals surface area contributed by atoms with E-state index in [1.165, 1.54) is 0 Å². The van der Waals surface area contributed by atoms with Gasteiger partial charge in [-0.05, 0) is 31.5 Å². The molecular formula is C17H21N5O2. The second kappa shape index (κ2) is 6.35. The summed E-state index contributed by atoms with van der Waals surface area (Å²) in [6.07, 6.45) is 1.74. The lowest BCUT2D eigenvalue weighted by molar-refractivity contribution is -0.126. The SMILES string of the molecule is Cc1ccc(-c2ccnn2C)cc1NC(=O)N1CCNC(=O)[C@@H]1C. The summed E-state index contributed by atoms with van der Waals surface area (Å²) in [5.74, 6) is -0.128. The number of carbonyl (C=O) groups is 2. The highest BCUT2D eigenvalue weighted by atomic mass is 16.2. The van der Waals surface area contributed by atoms with E-state index < -0.39 is 6.04 Å². The molecule has 0 saturated carbocycles. The van der Waals surface area contributed by atoms with Crippen molar-refractivity contribution >= 4 is 17.6 Å². The molecule has 1 aromatic carbocycles. The quantitative estimate of drug-likeness (QED) is 0.882. The van der Waals surface area contributed by atoms with Crippen LogP contribution in [0.5, 0.6) is 0 Å². The molecule has 1 aromatic heterocycles. The molecule has 2 N–H and O–H groups in total. The van der Waals surface area contributed by atoms with Gasteiger partial charge in [-0.15, -0.1) is 0 Å². The molecule has 24 heavy (non-hydrogen) atoms. The highest BCUT2D eigenvalue weighted by Crippen LogP contribution is 2.25. The van der Waals surface area contributed by atoms with Gasteiger partial charge < -0.3 is 15.5 Å². The number of hydrogen-bond donors (Lipinski definition) is 2. The van der Waals surface area contributed by atoms with Crippen LogP contribution in [0.3, 0.4) is 0 Å². The van der Waals surface area contributed by atoms with Crippen molar-refractivity contribution in [1.82, 2.24) is 20.0 Å². The lowest BCUT2D eigenvalue weighted by Gasteiger charge is -2.32. The van der Waals surface area contributed by atoms with E-state index in [4.69, 9.17) is 0 Å². The van der Waals surface area contributed by atoms with Gasteiger partial charge in [0.05, 0.1) is 5.69 Å². The minimum absolute atomic E-state index is 0.128. The Kier molecular flexibility index (Phi) is 4.24. The molecule has 3 rings (SSSR count). The maximum Gasteiger partial charge on any atom is 0.322 e. The van der Waals surface area contributed by atoms with Gasteiger partial charge in [-0.25, -0.2) is 4.79 Å². The van der Waals surface area contributed by atoms with Crippen LogP contribution in [-0.2, 0) is 11.8 Å². The van der Waals surface area contributed by atoms with Crippen molar-refractivity contribution in [3.05, 3.63) is 36.0 Å². The van der Waals surface area contributed by atoms with Gasteiger partial charge in [-0.3, -0.25) is 9.48 Å². The van der Waals surface area contributed by atoms with Gasteiger partial charge in [0.25, 0.3) is 0 Å². The second-order valence-electron chi connectivity index (χ2n) is 5.96. The van der Waals surface area contributed by atoms with Crippen molar-refractivity contribution in [2.45, 2.75) is 19.9 Å². The molecular weight excluding hydrogens is 306 g/mol. The third-order valence-corrected chi connectivity index (χ3v) is 4.36. The highest BCUT2D eigenvalue weighted by Gasteiger charge is 2.29. The summed E-state index contributed by atoms with van der Waals surface area (Å²) >= 11 is 0. The zero-order valence-electron chi connectivity index (χ0n) is 14.0. The first-order valence-corrected chi connectivity index (χ1v) is 7.91. The summed E-state index contributed by atoms with van der Waals surface area (Å²) in [4.78, 5) is 25.8. The van der Waals surface area contributed by atoms with Crippen molar-refractivity contribution in [3.63, 3.8) is 0 Å². The molecule has 1 saturated heterocycles. The number of piperazine rings is 1. The van der Waals surface area contributed by atoms with Crippen LogP contribution < -0.4 is 10.6 Å². The van der Waals surface area contributed by atoms with Gasteiger partial charge in [0.2, 0.25) is 5.91 Å². The number of rotatable bonds is 2. The zero-order chi connectivity index (χ0) is 17.3. The third-order valence-electron chi connectivity index (χ3n) is 4.36. The molecule has 2 aromatic rings. The number of hydrogen-bond acceptors (Lipinski definition) is 3. The second-order valence-corrected chi connectivity index (χ2v) is 5.96. The Balaban J connectivity index is 1.83. The van der Waals surface area contributed by atoms with E-state index in [9.17, 15) is 9.59 Å². The van der Waals surface area contributed by atoms with Crippen LogP contribution in [0.15, 0.2) is 30.5 Å². The van der Waals surface area contributed by atoms with Crippen LogP contribution in [0.2, 0.25) is 0 Å². The standard InChI is InChI=1S/C17H21N5O2/c1-11-4-5-13(15-6-7-19-21(15)3)10-14(11)20-17(24)22-9-8-18-16(23)12(22)2/h4-7,10,12H,8-9H2,1-3H3,(H,18,23)(H,20,24)/t12-/m0/s1. The largest absolute Gasteiger partial charge is 0.353 e. The average molecular weight is 327 g/mol. The first-order chi connectivity index (χ1) is 11.5. The molecule has 0 spiro atoms. The smallest absolute Gasteiger partial charge is 0.322 e. The molecule has 1 aliphatic heterocycles. The summed E-state index contributed by atoms with van der Waals surface area (Å²) < 4.78 is 1.79. The van der Waals surface area contributed by atoms with Crippen molar-refractivity contribution in [3.8, 4) is 11.3 Å². The van der Waals surface area contributed by atoms with Crippen molar-refractivity contribution in [2.24, 2.45) is 7.05 Å². The maximum absolute atomic E-state index is 12.6. The molecule has 7 heteroatoms. The topological polar surface area (TPSA) is 79.3 Å². The number of carbonyl (C=O) groups excluding carboxylic acids is 2. The highest BCUT2D eigenvalue weighted by molar-refractivity contribution is 5.95. The molecule has 3 amide bonds. The molecule has 2 heterocycles. The average Bonchev–Trinajstić information content (AvgIpc) is 2.98. The Morgan fingerprint density at radius 3 is 2.88 bits per heavy atom. The van der Waals surface area contributed by atoms with E-state index in [0.717, 1.165) is 22.5 Å². The molecule has 0 bridgehead atoms. The number of nitrogens with zero attached hydrogens (tertiary/aromatic N) is 3. The Bertz CT molecular complexity index is 783. The van der Waals surface area contributed by atoms with Crippen molar-refractivity contribution in [2.75, 3.05) is 18.4 Å². The summed E-state index contributed by atoms with van der Waals surface area (Å²) in [5, 5.41) is 9.86. The summed E-state index contributed by atoms with van der Waals surface area (Å²) in [6, 6.07) is 7.08. The predicted molar refractivity (Wildman–Crippen MR) is 91.6 cm³/mol. The normalized spacial score (nSPS) is 17.5. The van der Waals surface area contributed by atoms with Crippen molar-refractivity contribution in [1.29, 1.82) is 0 Å². The van der Waals surface area contributed by atoms with Gasteiger partial charge in [-0.2, -0.15) is 5.10 Å². The first-order valence-electron chi connectivity index (χ1n) is 7.91. The number of benzene rings is 1. The van der Waals surface area contributed by atoms with E-state index in [1.807, 2.05) is 38.2 Å². The van der Waals surface area contributed by atoms with Crippen molar-refractivity contribution < 1.29 is 9.59 Å². The monoisotopic (exact) mass is 327 g/mol. The molecule has 7 nitrogen and oxygen atoms in total. The third kappa shape index (κ3) is 2.97. The molecule has 1 fully saturated rings. The Labute approximate surface area is 140 Å². The Morgan fingerprint density at radius 1 is 1.38 bits per heavy atom. The van der Waals surface area contributed by atoms with Crippen LogP contribution in [0.1, 0.15) is 12.5 Å². The summed E-state index contributed by atoms with van der Waals surface area (Å²) in [5.41, 5.74) is 3.64.